The Kier molecular flexibility index (Phi) is 5.01. The molecule has 1 heteroatoms. The Morgan fingerprint density at radius 3 is 1.21 bits per heavy atom. The number of benzene rings is 6. The third-order valence-electron chi connectivity index (χ3n) is 6.50. The van der Waals surface area contributed by atoms with Gasteiger partial charge in [0.15, 0.2) is 5.78 Å². The van der Waals surface area contributed by atoms with Gasteiger partial charge in [0.25, 0.3) is 0 Å². The molecule has 0 aliphatic carbocycles. The van der Waals surface area contributed by atoms with Crippen LogP contribution in [-0.2, 0) is 0 Å². The smallest absolute Gasteiger partial charge is 0.194 e. The Bertz CT molecular complexity index is 1540. The fourth-order valence-corrected chi connectivity index (χ4v) is 4.90. The van der Waals surface area contributed by atoms with Gasteiger partial charge in [0.1, 0.15) is 0 Å². The fourth-order valence-electron chi connectivity index (χ4n) is 4.90. The van der Waals surface area contributed by atoms with Crippen molar-refractivity contribution in [3.05, 3.63) is 145 Å². The molecule has 6 aromatic carbocycles. The van der Waals surface area contributed by atoms with Crippen LogP contribution in [0.1, 0.15) is 15.9 Å². The van der Waals surface area contributed by atoms with Crippen LogP contribution in [0.3, 0.4) is 0 Å². The molecule has 0 radical (unpaired) electrons. The minimum absolute atomic E-state index is 0.0343. The van der Waals surface area contributed by atoms with Crippen molar-refractivity contribution in [3.8, 4) is 22.3 Å². The zero-order valence-electron chi connectivity index (χ0n) is 18.6. The molecule has 160 valence electrons. The molecule has 1 nitrogen and oxygen atoms in total. The Hall–Kier alpha value is -4.49. The minimum Gasteiger partial charge on any atom is -0.289 e. The lowest BCUT2D eigenvalue weighted by Gasteiger charge is -2.15. The van der Waals surface area contributed by atoms with Crippen LogP contribution in [0.25, 0.3) is 43.8 Å². The van der Waals surface area contributed by atoms with Gasteiger partial charge in [0, 0.05) is 11.1 Å². The Morgan fingerprint density at radius 2 is 0.706 bits per heavy atom. The molecule has 0 aliphatic heterocycles. The molecular weight excluding hydrogens is 412 g/mol. The summed E-state index contributed by atoms with van der Waals surface area (Å²) in [6.07, 6.45) is 0. The van der Waals surface area contributed by atoms with Gasteiger partial charge in [0.2, 0.25) is 0 Å². The van der Waals surface area contributed by atoms with E-state index in [4.69, 9.17) is 0 Å². The van der Waals surface area contributed by atoms with Gasteiger partial charge in [-0.25, -0.2) is 0 Å². The number of carbonyl (C=O) groups is 1. The molecule has 0 heterocycles. The van der Waals surface area contributed by atoms with Gasteiger partial charge < -0.3 is 0 Å². The molecule has 0 amide bonds. The maximum absolute atomic E-state index is 14.1. The van der Waals surface area contributed by atoms with Gasteiger partial charge in [-0.3, -0.25) is 4.79 Å². The maximum Gasteiger partial charge on any atom is 0.194 e. The molecule has 34 heavy (non-hydrogen) atoms. The Morgan fingerprint density at radius 1 is 0.353 bits per heavy atom. The average molecular weight is 435 g/mol. The molecule has 0 fully saturated rings. The van der Waals surface area contributed by atoms with Crippen molar-refractivity contribution in [2.24, 2.45) is 0 Å². The third kappa shape index (κ3) is 3.39. The fraction of sp³-hybridized carbons (Fsp3) is 0. The topological polar surface area (TPSA) is 17.1 Å². The molecule has 0 unspecified atom stereocenters. The van der Waals surface area contributed by atoms with Crippen molar-refractivity contribution in [2.45, 2.75) is 0 Å². The standard InChI is InChI=1S/C33H22O/c34-33(31-19-7-5-17-29(31)27-21-9-13-23-11-1-3-15-25(23)27)32-20-8-6-18-30(32)28-22-10-14-24-12-2-4-16-26(24)28/h1-22H. The van der Waals surface area contributed by atoms with E-state index in [0.29, 0.717) is 11.1 Å². The molecule has 0 N–H and O–H groups in total. The van der Waals surface area contributed by atoms with Crippen molar-refractivity contribution < 1.29 is 4.79 Å². The first kappa shape index (κ1) is 20.1. The number of hydrogen-bond donors (Lipinski definition) is 0. The summed E-state index contributed by atoms with van der Waals surface area (Å²) in [6, 6.07) is 45.1. The minimum atomic E-state index is 0.0343. The van der Waals surface area contributed by atoms with Crippen LogP contribution in [0.15, 0.2) is 133 Å². The van der Waals surface area contributed by atoms with E-state index in [1.54, 1.807) is 0 Å². The zero-order chi connectivity index (χ0) is 22.9. The molecule has 0 bridgehead atoms. The second-order valence-corrected chi connectivity index (χ2v) is 8.47. The molecule has 0 saturated carbocycles. The predicted molar refractivity (Wildman–Crippen MR) is 142 cm³/mol. The lowest BCUT2D eigenvalue weighted by Crippen LogP contribution is -2.06. The van der Waals surface area contributed by atoms with Crippen molar-refractivity contribution in [1.29, 1.82) is 0 Å². The van der Waals surface area contributed by atoms with Gasteiger partial charge >= 0.3 is 0 Å². The van der Waals surface area contributed by atoms with E-state index in [-0.39, 0.29) is 5.78 Å². The first-order chi connectivity index (χ1) is 16.8. The monoisotopic (exact) mass is 434 g/mol. The second kappa shape index (κ2) is 8.46. The van der Waals surface area contributed by atoms with E-state index < -0.39 is 0 Å². The molecule has 0 aliphatic rings. The molecule has 0 saturated heterocycles. The highest BCUT2D eigenvalue weighted by Gasteiger charge is 2.19. The molecule has 0 aromatic heterocycles. The van der Waals surface area contributed by atoms with Crippen molar-refractivity contribution in [1.82, 2.24) is 0 Å². The van der Waals surface area contributed by atoms with Gasteiger partial charge in [-0.2, -0.15) is 0 Å². The second-order valence-electron chi connectivity index (χ2n) is 8.47. The van der Waals surface area contributed by atoms with E-state index in [2.05, 4.69) is 72.8 Å². The molecule has 6 rings (SSSR count). The SMILES string of the molecule is O=C(c1ccccc1-c1cccc2ccccc12)c1ccccc1-c1cccc2ccccc12. The Labute approximate surface area is 198 Å². The highest BCUT2D eigenvalue weighted by Crippen LogP contribution is 2.35. The van der Waals surface area contributed by atoms with Crippen LogP contribution in [-0.4, -0.2) is 5.78 Å². The van der Waals surface area contributed by atoms with Crippen LogP contribution in [0.5, 0.6) is 0 Å². The first-order valence-corrected chi connectivity index (χ1v) is 11.5. The summed E-state index contributed by atoms with van der Waals surface area (Å²) < 4.78 is 0. The van der Waals surface area contributed by atoms with Crippen LogP contribution >= 0.6 is 0 Å². The van der Waals surface area contributed by atoms with E-state index in [0.717, 1.165) is 33.0 Å². The van der Waals surface area contributed by atoms with E-state index in [1.807, 2.05) is 60.7 Å². The predicted octanol–water partition coefficient (Wildman–Crippen LogP) is 8.56. The highest BCUT2D eigenvalue weighted by molar-refractivity contribution is 6.18. The summed E-state index contributed by atoms with van der Waals surface area (Å²) in [5.74, 6) is 0.0343. The lowest BCUT2D eigenvalue weighted by molar-refractivity contribution is 0.104. The first-order valence-electron chi connectivity index (χ1n) is 11.5. The van der Waals surface area contributed by atoms with E-state index >= 15 is 0 Å². The number of ketones is 1. The van der Waals surface area contributed by atoms with Crippen LogP contribution < -0.4 is 0 Å². The van der Waals surface area contributed by atoms with E-state index in [9.17, 15) is 4.79 Å². The van der Waals surface area contributed by atoms with Crippen LogP contribution in [0.4, 0.5) is 0 Å². The highest BCUT2D eigenvalue weighted by atomic mass is 16.1. The third-order valence-corrected chi connectivity index (χ3v) is 6.50. The summed E-state index contributed by atoms with van der Waals surface area (Å²) in [6.45, 7) is 0. The molecule has 6 aromatic rings. The van der Waals surface area contributed by atoms with Gasteiger partial charge in [-0.15, -0.1) is 0 Å². The van der Waals surface area contributed by atoms with Gasteiger partial charge in [-0.05, 0) is 43.8 Å². The number of hydrogen-bond acceptors (Lipinski definition) is 1. The lowest BCUT2D eigenvalue weighted by atomic mass is 9.87. The normalized spacial score (nSPS) is 11.1. The van der Waals surface area contributed by atoms with Crippen molar-refractivity contribution >= 4 is 27.3 Å². The summed E-state index contributed by atoms with van der Waals surface area (Å²) in [5, 5.41) is 4.62. The van der Waals surface area contributed by atoms with Crippen LogP contribution in [0.2, 0.25) is 0 Å². The number of carbonyl (C=O) groups excluding carboxylic acids is 1. The largest absolute Gasteiger partial charge is 0.289 e. The van der Waals surface area contributed by atoms with Gasteiger partial charge in [-0.1, -0.05) is 133 Å². The molecule has 0 spiro atoms. The molecular formula is C33H22O. The quantitative estimate of drug-likeness (QED) is 0.254. The van der Waals surface area contributed by atoms with Crippen LogP contribution in [0, 0.1) is 0 Å². The summed E-state index contributed by atoms with van der Waals surface area (Å²) >= 11 is 0. The Balaban J connectivity index is 1.55. The maximum atomic E-state index is 14.1. The summed E-state index contributed by atoms with van der Waals surface area (Å²) in [5.41, 5.74) is 5.49. The summed E-state index contributed by atoms with van der Waals surface area (Å²) in [7, 11) is 0. The number of fused-ring (bicyclic) bond motifs is 2. The number of rotatable bonds is 4. The van der Waals surface area contributed by atoms with Crippen molar-refractivity contribution in [3.63, 3.8) is 0 Å². The van der Waals surface area contributed by atoms with Crippen molar-refractivity contribution in [2.75, 3.05) is 0 Å². The molecule has 0 atom stereocenters. The summed E-state index contributed by atoms with van der Waals surface area (Å²) in [4.78, 5) is 14.1. The van der Waals surface area contributed by atoms with Gasteiger partial charge in [0.05, 0.1) is 0 Å². The zero-order valence-corrected chi connectivity index (χ0v) is 18.6. The van der Waals surface area contributed by atoms with E-state index in [1.165, 1.54) is 10.8 Å². The average Bonchev–Trinajstić information content (AvgIpc) is 2.92.